The van der Waals surface area contributed by atoms with Gasteiger partial charge in [-0.3, -0.25) is 4.79 Å². The molecule has 1 atom stereocenters. The monoisotopic (exact) mass is 374 g/mol. The molecule has 1 saturated heterocycles. The molecule has 3 aliphatic rings. The van der Waals surface area contributed by atoms with Gasteiger partial charge in [0.25, 0.3) is 5.92 Å². The maximum absolute atomic E-state index is 13.4. The highest BCUT2D eigenvalue weighted by atomic mass is 19.3. The fraction of sp³-hybridized carbons (Fsp3) is 0.526. The Morgan fingerprint density at radius 2 is 2.00 bits per heavy atom. The Morgan fingerprint density at radius 3 is 2.63 bits per heavy atom. The van der Waals surface area contributed by atoms with Crippen molar-refractivity contribution in [3.8, 4) is 11.5 Å². The van der Waals surface area contributed by atoms with Gasteiger partial charge in [-0.1, -0.05) is 17.2 Å². The molecule has 3 fully saturated rings. The van der Waals surface area contributed by atoms with Crippen LogP contribution in [0.1, 0.15) is 37.2 Å². The Kier molecular flexibility index (Phi) is 3.54. The second-order valence-electron chi connectivity index (χ2n) is 7.89. The van der Waals surface area contributed by atoms with E-state index in [1.807, 2.05) is 12.1 Å². The van der Waals surface area contributed by atoms with E-state index in [-0.39, 0.29) is 31.4 Å². The van der Waals surface area contributed by atoms with Crippen LogP contribution in [0.5, 0.6) is 0 Å². The number of anilines is 1. The zero-order chi connectivity index (χ0) is 18.6. The van der Waals surface area contributed by atoms with Gasteiger partial charge >= 0.3 is 6.01 Å². The molecule has 1 aromatic heterocycles. The van der Waals surface area contributed by atoms with Gasteiger partial charge in [0.15, 0.2) is 0 Å². The molecule has 0 radical (unpaired) electrons. The number of alkyl halides is 2. The van der Waals surface area contributed by atoms with Crippen molar-refractivity contribution in [2.75, 3.05) is 25.0 Å². The molecule has 142 valence electrons. The fourth-order valence-corrected chi connectivity index (χ4v) is 3.90. The number of carbonyl (C=O) groups is 1. The lowest BCUT2D eigenvalue weighted by atomic mass is 10.1. The topological polar surface area (TPSA) is 71.3 Å². The molecule has 27 heavy (non-hydrogen) atoms. The van der Waals surface area contributed by atoms with Crippen LogP contribution in [0, 0.1) is 5.41 Å². The van der Waals surface area contributed by atoms with Crippen LogP contribution < -0.4 is 5.32 Å². The second kappa shape index (κ2) is 5.74. The SMILES string of the molecule is O=C(CNc1nnc(-c2ccc(C3CC3)cc2)o1)N1CCC2(C1)CC2(F)F. The molecule has 2 aromatic rings. The number of hydrogen-bond donors (Lipinski definition) is 1. The predicted molar refractivity (Wildman–Crippen MR) is 93.4 cm³/mol. The van der Waals surface area contributed by atoms with Crippen molar-refractivity contribution in [3.05, 3.63) is 29.8 Å². The number of likely N-dealkylation sites (tertiary alicyclic amines) is 1. The van der Waals surface area contributed by atoms with Crippen molar-refractivity contribution in [3.63, 3.8) is 0 Å². The third kappa shape index (κ3) is 2.96. The van der Waals surface area contributed by atoms with E-state index in [2.05, 4.69) is 27.6 Å². The van der Waals surface area contributed by atoms with Crippen LogP contribution in [0.15, 0.2) is 28.7 Å². The standard InChI is InChI=1S/C19H20F2N4O2/c20-19(21)10-18(19)7-8-25(11-18)15(26)9-22-17-24-23-16(27-17)14-5-3-13(4-6-14)12-1-2-12/h3-6,12H,1-2,7-11H2,(H,22,24). The summed E-state index contributed by atoms with van der Waals surface area (Å²) in [5.74, 6) is -1.79. The summed E-state index contributed by atoms with van der Waals surface area (Å²) in [6.45, 7) is 0.450. The van der Waals surface area contributed by atoms with E-state index in [4.69, 9.17) is 4.42 Å². The van der Waals surface area contributed by atoms with Crippen LogP contribution >= 0.6 is 0 Å². The molecule has 6 nitrogen and oxygen atoms in total. The summed E-state index contributed by atoms with van der Waals surface area (Å²) in [7, 11) is 0. The lowest BCUT2D eigenvalue weighted by molar-refractivity contribution is -0.128. The van der Waals surface area contributed by atoms with Gasteiger partial charge < -0.3 is 14.6 Å². The van der Waals surface area contributed by atoms with Crippen molar-refractivity contribution in [1.29, 1.82) is 0 Å². The predicted octanol–water partition coefficient (Wildman–Crippen LogP) is 3.28. The fourth-order valence-electron chi connectivity index (χ4n) is 3.90. The Labute approximate surface area is 154 Å². The Hall–Kier alpha value is -2.51. The van der Waals surface area contributed by atoms with E-state index in [1.165, 1.54) is 23.3 Å². The first-order valence-corrected chi connectivity index (χ1v) is 9.29. The lowest BCUT2D eigenvalue weighted by Gasteiger charge is -2.16. The van der Waals surface area contributed by atoms with Crippen molar-refractivity contribution in [2.45, 2.75) is 37.5 Å². The quantitative estimate of drug-likeness (QED) is 0.870. The van der Waals surface area contributed by atoms with Crippen LogP contribution in [0.2, 0.25) is 0 Å². The number of hydrogen-bond acceptors (Lipinski definition) is 5. The molecule has 1 spiro atoms. The summed E-state index contributed by atoms with van der Waals surface area (Å²) in [4.78, 5) is 13.7. The number of benzene rings is 1. The Balaban J connectivity index is 1.17. The van der Waals surface area contributed by atoms with E-state index in [0.29, 0.717) is 24.8 Å². The van der Waals surface area contributed by atoms with Crippen LogP contribution in [0.25, 0.3) is 11.5 Å². The van der Waals surface area contributed by atoms with Crippen LogP contribution in [0.3, 0.4) is 0 Å². The molecule has 1 N–H and O–H groups in total. The van der Waals surface area contributed by atoms with Crippen LogP contribution in [-0.4, -0.2) is 46.6 Å². The molecular formula is C19H20F2N4O2. The number of rotatable bonds is 5. The highest BCUT2D eigenvalue weighted by molar-refractivity contribution is 5.80. The first kappa shape index (κ1) is 16.6. The van der Waals surface area contributed by atoms with Gasteiger partial charge in [-0.25, -0.2) is 8.78 Å². The molecule has 2 aliphatic carbocycles. The molecule has 2 saturated carbocycles. The van der Waals surface area contributed by atoms with E-state index < -0.39 is 11.3 Å². The van der Waals surface area contributed by atoms with Gasteiger partial charge in [0, 0.05) is 25.1 Å². The first-order valence-electron chi connectivity index (χ1n) is 9.29. The van der Waals surface area contributed by atoms with E-state index in [9.17, 15) is 13.6 Å². The molecule has 1 aliphatic heterocycles. The van der Waals surface area contributed by atoms with Crippen LogP contribution in [0.4, 0.5) is 14.8 Å². The maximum atomic E-state index is 13.4. The average molecular weight is 374 g/mol. The van der Waals surface area contributed by atoms with Gasteiger partial charge in [0.2, 0.25) is 11.8 Å². The van der Waals surface area contributed by atoms with E-state index >= 15 is 0 Å². The number of aromatic nitrogens is 2. The van der Waals surface area contributed by atoms with E-state index in [1.54, 1.807) is 0 Å². The van der Waals surface area contributed by atoms with E-state index in [0.717, 1.165) is 5.56 Å². The number of nitrogens with one attached hydrogen (secondary N) is 1. The minimum atomic E-state index is -2.62. The molecular weight excluding hydrogens is 354 g/mol. The number of amides is 1. The van der Waals surface area contributed by atoms with Gasteiger partial charge in [-0.05, 0) is 42.9 Å². The third-order valence-electron chi connectivity index (χ3n) is 5.94. The number of halogens is 2. The maximum Gasteiger partial charge on any atom is 0.316 e. The molecule has 8 heteroatoms. The van der Waals surface area contributed by atoms with Gasteiger partial charge in [-0.15, -0.1) is 5.10 Å². The van der Waals surface area contributed by atoms with Crippen LogP contribution in [-0.2, 0) is 4.79 Å². The summed E-state index contributed by atoms with van der Waals surface area (Å²) >= 11 is 0. The van der Waals surface area contributed by atoms with Gasteiger partial charge in [0.1, 0.15) is 0 Å². The zero-order valence-corrected chi connectivity index (χ0v) is 14.8. The lowest BCUT2D eigenvalue weighted by Crippen LogP contribution is -2.34. The first-order chi connectivity index (χ1) is 13.0. The molecule has 0 bridgehead atoms. The highest BCUT2D eigenvalue weighted by Crippen LogP contribution is 2.65. The minimum absolute atomic E-state index is 0.0517. The molecule has 2 heterocycles. The summed E-state index contributed by atoms with van der Waals surface area (Å²) < 4.78 is 32.4. The normalized spacial score (nSPS) is 25.8. The Bertz CT molecular complexity index is 878. The summed E-state index contributed by atoms with van der Waals surface area (Å²) in [5.41, 5.74) is 1.17. The highest BCUT2D eigenvalue weighted by Gasteiger charge is 2.72. The average Bonchev–Trinajstić information content (AvgIpc) is 3.44. The third-order valence-corrected chi connectivity index (χ3v) is 5.94. The van der Waals surface area contributed by atoms with Crippen molar-refractivity contribution in [1.82, 2.24) is 15.1 Å². The number of carbonyl (C=O) groups excluding carboxylic acids is 1. The van der Waals surface area contributed by atoms with Crippen molar-refractivity contribution >= 4 is 11.9 Å². The van der Waals surface area contributed by atoms with Gasteiger partial charge in [0.05, 0.1) is 12.0 Å². The smallest absolute Gasteiger partial charge is 0.316 e. The largest absolute Gasteiger partial charge is 0.403 e. The van der Waals surface area contributed by atoms with Crippen molar-refractivity contribution in [2.24, 2.45) is 5.41 Å². The summed E-state index contributed by atoms with van der Waals surface area (Å²) in [6, 6.07) is 8.20. The molecule has 1 amide bonds. The number of nitrogens with zero attached hydrogens (tertiary/aromatic N) is 3. The summed E-state index contributed by atoms with van der Waals surface area (Å²) in [6.07, 6.45) is 2.76. The molecule has 1 unspecified atom stereocenters. The Morgan fingerprint density at radius 1 is 1.26 bits per heavy atom. The molecule has 5 rings (SSSR count). The summed E-state index contributed by atoms with van der Waals surface area (Å²) in [5, 5.41) is 10.7. The minimum Gasteiger partial charge on any atom is -0.403 e. The molecule has 1 aromatic carbocycles. The second-order valence-corrected chi connectivity index (χ2v) is 7.89. The zero-order valence-electron chi connectivity index (χ0n) is 14.8. The van der Waals surface area contributed by atoms with Gasteiger partial charge in [-0.2, -0.15) is 0 Å². The van der Waals surface area contributed by atoms with Crippen molar-refractivity contribution < 1.29 is 18.0 Å².